The van der Waals surface area contributed by atoms with Crippen LogP contribution in [0.2, 0.25) is 0 Å². The molecule has 2 aromatic rings. The lowest BCUT2D eigenvalue weighted by atomic mass is 9.91. The van der Waals surface area contributed by atoms with E-state index in [9.17, 15) is 9.18 Å². The Balaban J connectivity index is 1.34. The lowest BCUT2D eigenvalue weighted by Crippen LogP contribution is -2.41. The lowest BCUT2D eigenvalue weighted by Gasteiger charge is -2.28. The van der Waals surface area contributed by atoms with Gasteiger partial charge in [0.15, 0.2) is 11.6 Å². The SMILES string of the molecule is CC(C(=O)NC1CCC1)c1ccc(O[C@@H]2CCN(c3nc(N(C)C)ncc3F)C2)cc1. The van der Waals surface area contributed by atoms with Gasteiger partial charge >= 0.3 is 0 Å². The number of nitrogens with zero attached hydrogens (tertiary/aromatic N) is 4. The van der Waals surface area contributed by atoms with Crippen molar-refractivity contribution in [2.45, 2.75) is 50.7 Å². The van der Waals surface area contributed by atoms with Gasteiger partial charge in [0.25, 0.3) is 0 Å². The summed E-state index contributed by atoms with van der Waals surface area (Å²) >= 11 is 0. The topological polar surface area (TPSA) is 70.6 Å². The summed E-state index contributed by atoms with van der Waals surface area (Å²) in [6.07, 6.45) is 5.31. The summed E-state index contributed by atoms with van der Waals surface area (Å²) in [5, 5.41) is 3.10. The third-order valence-electron chi connectivity index (χ3n) is 6.09. The highest BCUT2D eigenvalue weighted by Gasteiger charge is 2.28. The Morgan fingerprint density at radius 1 is 1.26 bits per heavy atom. The highest BCUT2D eigenvalue weighted by Crippen LogP contribution is 2.27. The van der Waals surface area contributed by atoms with Crippen molar-refractivity contribution in [3.63, 3.8) is 0 Å². The smallest absolute Gasteiger partial charge is 0.227 e. The highest BCUT2D eigenvalue weighted by atomic mass is 19.1. The standard InChI is InChI=1S/C23H30FN5O2/c1-15(22(30)26-17-5-4-6-17)16-7-9-18(10-8-16)31-19-11-12-29(14-19)21-20(24)13-25-23(27-21)28(2)3/h7-10,13,15,17,19H,4-6,11-12,14H2,1-3H3,(H,26,30)/t15?,19-/m1/s1. The Morgan fingerprint density at radius 2 is 2.00 bits per heavy atom. The maximum absolute atomic E-state index is 14.3. The molecule has 7 nitrogen and oxygen atoms in total. The molecule has 1 aliphatic carbocycles. The molecule has 1 unspecified atom stereocenters. The van der Waals surface area contributed by atoms with E-state index < -0.39 is 5.82 Å². The van der Waals surface area contributed by atoms with Gasteiger partial charge < -0.3 is 19.9 Å². The summed E-state index contributed by atoms with van der Waals surface area (Å²) in [6.45, 7) is 3.15. The van der Waals surface area contributed by atoms with E-state index in [1.165, 1.54) is 12.6 Å². The molecule has 2 aliphatic rings. The lowest BCUT2D eigenvalue weighted by molar-refractivity contribution is -0.123. The maximum Gasteiger partial charge on any atom is 0.227 e. The zero-order valence-corrected chi connectivity index (χ0v) is 18.3. The van der Waals surface area contributed by atoms with Crippen LogP contribution in [-0.2, 0) is 4.79 Å². The van der Waals surface area contributed by atoms with Gasteiger partial charge in [0, 0.05) is 33.1 Å². The van der Waals surface area contributed by atoms with E-state index in [2.05, 4.69) is 15.3 Å². The number of halogens is 1. The number of amides is 1. The summed E-state index contributed by atoms with van der Waals surface area (Å²) in [6, 6.07) is 8.04. The van der Waals surface area contributed by atoms with E-state index in [4.69, 9.17) is 4.74 Å². The number of hydrogen-bond acceptors (Lipinski definition) is 6. The fourth-order valence-corrected chi connectivity index (χ4v) is 3.86. The second-order valence-electron chi connectivity index (χ2n) is 8.64. The Morgan fingerprint density at radius 3 is 2.65 bits per heavy atom. The van der Waals surface area contributed by atoms with Gasteiger partial charge in [-0.1, -0.05) is 12.1 Å². The number of carbonyl (C=O) groups excluding carboxylic acids is 1. The summed E-state index contributed by atoms with van der Waals surface area (Å²) in [7, 11) is 3.66. The number of rotatable bonds is 7. The third kappa shape index (κ3) is 4.89. The zero-order chi connectivity index (χ0) is 22.0. The van der Waals surface area contributed by atoms with Crippen LogP contribution >= 0.6 is 0 Å². The first-order valence-corrected chi connectivity index (χ1v) is 10.9. The first-order chi connectivity index (χ1) is 14.9. The Kier molecular flexibility index (Phi) is 6.25. The predicted molar refractivity (Wildman–Crippen MR) is 118 cm³/mol. The first kappa shape index (κ1) is 21.3. The van der Waals surface area contributed by atoms with Gasteiger partial charge in [0.05, 0.1) is 18.7 Å². The summed E-state index contributed by atoms with van der Waals surface area (Å²) in [4.78, 5) is 24.4. The van der Waals surface area contributed by atoms with Crippen molar-refractivity contribution in [2.24, 2.45) is 0 Å². The molecule has 4 rings (SSSR count). The van der Waals surface area contributed by atoms with Gasteiger partial charge in [0.1, 0.15) is 11.9 Å². The van der Waals surface area contributed by atoms with E-state index in [0.29, 0.717) is 30.9 Å². The van der Waals surface area contributed by atoms with Crippen LogP contribution in [0.25, 0.3) is 0 Å². The fraction of sp³-hybridized carbons (Fsp3) is 0.522. The molecule has 2 atom stereocenters. The Bertz CT molecular complexity index is 917. The molecule has 166 valence electrons. The van der Waals surface area contributed by atoms with Crippen molar-refractivity contribution in [3.05, 3.63) is 41.8 Å². The number of aromatic nitrogens is 2. The quantitative estimate of drug-likeness (QED) is 0.732. The molecule has 0 spiro atoms. The van der Waals surface area contributed by atoms with E-state index >= 15 is 0 Å². The second kappa shape index (κ2) is 9.08. The highest BCUT2D eigenvalue weighted by molar-refractivity contribution is 5.83. The van der Waals surface area contributed by atoms with Gasteiger partial charge in [-0.2, -0.15) is 4.98 Å². The molecule has 0 radical (unpaired) electrons. The van der Waals surface area contributed by atoms with Crippen molar-refractivity contribution < 1.29 is 13.9 Å². The molecule has 2 heterocycles. The molecule has 8 heteroatoms. The number of hydrogen-bond donors (Lipinski definition) is 1. The van der Waals surface area contributed by atoms with Crippen LogP contribution < -0.4 is 19.9 Å². The van der Waals surface area contributed by atoms with Gasteiger partial charge in [0.2, 0.25) is 11.9 Å². The molecule has 1 amide bonds. The minimum atomic E-state index is -0.426. The summed E-state index contributed by atoms with van der Waals surface area (Å²) in [5.41, 5.74) is 0.969. The number of nitrogens with one attached hydrogen (secondary N) is 1. The molecule has 1 N–H and O–H groups in total. The molecule has 1 aromatic heterocycles. The molecule has 1 saturated carbocycles. The van der Waals surface area contributed by atoms with Crippen molar-refractivity contribution in [1.82, 2.24) is 15.3 Å². The van der Waals surface area contributed by atoms with Crippen LogP contribution in [0.5, 0.6) is 5.75 Å². The largest absolute Gasteiger partial charge is 0.489 e. The van der Waals surface area contributed by atoms with E-state index in [-0.39, 0.29) is 17.9 Å². The average molecular weight is 428 g/mol. The van der Waals surface area contributed by atoms with E-state index in [0.717, 1.165) is 30.6 Å². The van der Waals surface area contributed by atoms with Gasteiger partial charge in [-0.3, -0.25) is 4.79 Å². The number of anilines is 2. The fourth-order valence-electron chi connectivity index (χ4n) is 3.86. The molecule has 31 heavy (non-hydrogen) atoms. The average Bonchev–Trinajstić information content (AvgIpc) is 3.19. The molecular formula is C23H30FN5O2. The number of ether oxygens (including phenoxy) is 1. The van der Waals surface area contributed by atoms with E-state index in [1.807, 2.05) is 50.2 Å². The van der Waals surface area contributed by atoms with E-state index in [1.54, 1.807) is 4.90 Å². The maximum atomic E-state index is 14.3. The van der Waals surface area contributed by atoms with Gasteiger partial charge in [-0.15, -0.1) is 0 Å². The number of benzene rings is 1. The zero-order valence-electron chi connectivity index (χ0n) is 18.3. The number of carbonyl (C=O) groups is 1. The van der Waals surface area contributed by atoms with Crippen molar-refractivity contribution in [2.75, 3.05) is 37.0 Å². The predicted octanol–water partition coefficient (Wildman–Crippen LogP) is 3.11. The molecule has 1 aromatic carbocycles. The van der Waals surface area contributed by atoms with Crippen molar-refractivity contribution in [1.29, 1.82) is 0 Å². The summed E-state index contributed by atoms with van der Waals surface area (Å²) in [5.74, 6) is 0.999. The molecule has 1 aliphatic heterocycles. The van der Waals surface area contributed by atoms with Crippen molar-refractivity contribution in [3.8, 4) is 5.75 Å². The minimum Gasteiger partial charge on any atom is -0.489 e. The second-order valence-corrected chi connectivity index (χ2v) is 8.64. The minimum absolute atomic E-state index is 0.0534. The molecule has 1 saturated heterocycles. The molecule has 0 bridgehead atoms. The van der Waals surface area contributed by atoms with Crippen molar-refractivity contribution >= 4 is 17.7 Å². The third-order valence-corrected chi connectivity index (χ3v) is 6.09. The molecule has 2 fully saturated rings. The molecular weight excluding hydrogens is 397 g/mol. The van der Waals surface area contributed by atoms with Crippen LogP contribution in [0.3, 0.4) is 0 Å². The van der Waals surface area contributed by atoms with Gasteiger partial charge in [-0.05, 0) is 43.9 Å². The van der Waals surface area contributed by atoms with Crippen LogP contribution in [0.4, 0.5) is 16.2 Å². The normalized spacial score (nSPS) is 19.6. The Hall–Kier alpha value is -2.90. The first-order valence-electron chi connectivity index (χ1n) is 10.9. The Labute approximate surface area is 182 Å². The summed E-state index contributed by atoms with van der Waals surface area (Å²) < 4.78 is 20.4. The van der Waals surface area contributed by atoms with Crippen LogP contribution in [0.1, 0.15) is 44.1 Å². The monoisotopic (exact) mass is 427 g/mol. The van der Waals surface area contributed by atoms with Crippen LogP contribution in [0, 0.1) is 5.82 Å². The van der Waals surface area contributed by atoms with Crippen LogP contribution in [0.15, 0.2) is 30.5 Å². The van der Waals surface area contributed by atoms with Gasteiger partial charge in [-0.25, -0.2) is 9.37 Å². The van der Waals surface area contributed by atoms with Crippen LogP contribution in [-0.4, -0.2) is 55.2 Å².